The maximum atomic E-state index is 14.9. The Hall–Kier alpha value is -15.4. The van der Waals surface area contributed by atoms with Gasteiger partial charge in [-0.1, -0.05) is 0 Å². The molecule has 8 aromatic carbocycles. The first-order chi connectivity index (χ1) is 52.7. The Labute approximate surface area is 616 Å². The van der Waals surface area contributed by atoms with Gasteiger partial charge in [0, 0.05) is 28.3 Å². The van der Waals surface area contributed by atoms with Crippen molar-refractivity contribution in [3.05, 3.63) is 111 Å². The van der Waals surface area contributed by atoms with E-state index in [1.807, 2.05) is 0 Å². The van der Waals surface area contributed by atoms with E-state index in [0.717, 1.165) is 0 Å². The van der Waals surface area contributed by atoms with Gasteiger partial charge in [0.1, 0.15) is 30.5 Å². The lowest BCUT2D eigenvalue weighted by Crippen LogP contribution is -2.63. The van der Waals surface area contributed by atoms with Crippen molar-refractivity contribution in [1.82, 2.24) is 0 Å². The number of carbonyl (C=O) groups excluding carboxylic acids is 8. The van der Waals surface area contributed by atoms with E-state index < -0.39 is 333 Å². The van der Waals surface area contributed by atoms with Gasteiger partial charge in [-0.3, -0.25) is 0 Å². The molecule has 0 amide bonds. The molecular formula is C68H50O44. The summed E-state index contributed by atoms with van der Waals surface area (Å²) in [6.07, 6.45) is -26.0. The molecule has 2 saturated heterocycles. The lowest BCUT2D eigenvalue weighted by atomic mass is 9.91. The van der Waals surface area contributed by atoms with Crippen molar-refractivity contribution < 1.29 is 218 Å². The van der Waals surface area contributed by atoms with E-state index in [-0.39, 0.29) is 6.07 Å². The lowest BCUT2D eigenvalue weighted by molar-refractivity contribution is -0.283. The highest BCUT2D eigenvalue weighted by Gasteiger charge is 2.57. The zero-order valence-electron chi connectivity index (χ0n) is 55.0. The number of esters is 8. The van der Waals surface area contributed by atoms with Gasteiger partial charge in [-0.15, -0.1) is 0 Å². The van der Waals surface area contributed by atoms with Crippen LogP contribution < -0.4 is 4.74 Å². The first-order valence-corrected chi connectivity index (χ1v) is 31.1. The molecule has 586 valence electrons. The summed E-state index contributed by atoms with van der Waals surface area (Å²) in [6, 6.07) is 3.96. The van der Waals surface area contributed by atoms with Crippen molar-refractivity contribution in [3.63, 3.8) is 0 Å². The first kappa shape index (κ1) is 76.2. The molecule has 25 N–H and O–H groups in total. The van der Waals surface area contributed by atoms with Gasteiger partial charge in [0.25, 0.3) is 0 Å². The average molecular weight is 1570 g/mol. The summed E-state index contributed by atoms with van der Waals surface area (Å²) in [5.74, 6) is -50.7. The van der Waals surface area contributed by atoms with Gasteiger partial charge < -0.3 is 180 Å². The summed E-state index contributed by atoms with van der Waals surface area (Å²) in [5, 5.41) is 269. The Balaban J connectivity index is 0.938. The van der Waals surface area contributed by atoms with Gasteiger partial charge in [-0.25, -0.2) is 38.4 Å². The van der Waals surface area contributed by atoms with Crippen LogP contribution in [0.15, 0.2) is 66.7 Å². The van der Waals surface area contributed by atoms with Crippen LogP contribution in [0.3, 0.4) is 0 Å². The van der Waals surface area contributed by atoms with E-state index >= 15 is 0 Å². The van der Waals surface area contributed by atoms with E-state index in [0.29, 0.717) is 60.7 Å². The average Bonchev–Trinajstić information content (AvgIpc) is 1.04. The molecule has 0 bridgehead atoms. The Morgan fingerprint density at radius 3 is 1.13 bits per heavy atom. The van der Waals surface area contributed by atoms with Crippen molar-refractivity contribution in [2.75, 3.05) is 13.2 Å². The quantitative estimate of drug-likeness (QED) is 0.0498. The molecule has 44 heteroatoms. The minimum atomic E-state index is -2.91. The smallest absolute Gasteiger partial charge is 0.344 e. The number of phenols is 23. The zero-order chi connectivity index (χ0) is 81.7. The van der Waals surface area contributed by atoms with Crippen LogP contribution in [0.4, 0.5) is 0 Å². The summed E-state index contributed by atoms with van der Waals surface area (Å²) in [4.78, 5) is 116. The second-order valence-electron chi connectivity index (χ2n) is 24.2. The monoisotopic (exact) mass is 1570 g/mol. The lowest BCUT2D eigenvalue weighted by Gasteiger charge is -2.43. The van der Waals surface area contributed by atoms with Crippen molar-refractivity contribution in [2.24, 2.45) is 0 Å². The van der Waals surface area contributed by atoms with E-state index in [9.17, 15) is 166 Å². The molecule has 112 heavy (non-hydrogen) atoms. The number of rotatable bonds is 11. The third-order valence-corrected chi connectivity index (χ3v) is 17.4. The molecule has 4 heterocycles. The molecule has 0 saturated carbocycles. The molecule has 0 unspecified atom stereocenters. The Kier molecular flexibility index (Phi) is 19.3. The number of hydrogen-bond acceptors (Lipinski definition) is 44. The standard InChI is InChI=1S/C68H50O44/c69-12-33-47(88)55-57(110-65(100)20-10-30(78)45(86)51(92)38(20)37-19(64(99)107-55)9-29(77)44(85)50(37)91)67(104-33)112-66(101)21-11-31(79)46(87)52(93)53(21)103-32-6-16(5-26(74)41(32)82)61(96)111-68-58(109-60(95)15-3-24(72)40(81)25(73)4-15)56(108-59(94)14-1-22(70)39(80)23(71)2-14)54-34(105-68)13-102-62(97)17-7-27(75)42(83)48(89)35(17)36-18(63(98)106-54)8-28(76)43(84)49(36)90/h1-11,33-34,47,54-58,67-93H,12-13H2/t33-,34-,47+,54+,55+,56-,57+,58+,67+,68+/m1/s1. The van der Waals surface area contributed by atoms with E-state index in [1.54, 1.807) is 0 Å². The van der Waals surface area contributed by atoms with Crippen molar-refractivity contribution in [1.29, 1.82) is 0 Å². The predicted octanol–water partition coefficient (Wildman–Crippen LogP) is 1.77. The van der Waals surface area contributed by atoms with Crippen LogP contribution in [-0.4, -0.2) is 250 Å². The summed E-state index contributed by atoms with van der Waals surface area (Å²) >= 11 is 0. The van der Waals surface area contributed by atoms with Crippen LogP contribution in [0.1, 0.15) is 82.9 Å². The van der Waals surface area contributed by atoms with Crippen LogP contribution >= 0.6 is 0 Å². The number of hydrogen-bond donors (Lipinski definition) is 25. The van der Waals surface area contributed by atoms with E-state index in [4.69, 9.17) is 52.1 Å². The highest BCUT2D eigenvalue weighted by Crippen LogP contribution is 2.57. The molecule has 0 aromatic heterocycles. The topological polar surface area (TPSA) is 744 Å². The van der Waals surface area contributed by atoms with Crippen LogP contribution in [0.25, 0.3) is 22.3 Å². The number of aliphatic hydroxyl groups is 2. The van der Waals surface area contributed by atoms with Gasteiger partial charge >= 0.3 is 47.8 Å². The molecule has 10 atom stereocenters. The number of ether oxygens (including phenoxy) is 11. The van der Waals surface area contributed by atoms with Gasteiger partial charge in [0.2, 0.25) is 65.0 Å². The number of aliphatic hydroxyl groups excluding tert-OH is 2. The molecule has 4 aliphatic heterocycles. The fourth-order valence-corrected chi connectivity index (χ4v) is 11.9. The van der Waals surface area contributed by atoms with Gasteiger partial charge in [0.15, 0.2) is 122 Å². The second kappa shape index (κ2) is 28.4. The second-order valence-corrected chi connectivity index (χ2v) is 24.2. The maximum absolute atomic E-state index is 14.9. The number of phenolic OH excluding ortho intramolecular Hbond substituents is 23. The van der Waals surface area contributed by atoms with Crippen molar-refractivity contribution in [3.8, 4) is 166 Å². The number of cyclic esters (lactones) is 1. The molecular weight excluding hydrogens is 1520 g/mol. The predicted molar refractivity (Wildman–Crippen MR) is 345 cm³/mol. The van der Waals surface area contributed by atoms with E-state index in [1.165, 1.54) is 0 Å². The number of carbonyl (C=O) groups is 8. The third kappa shape index (κ3) is 13.1. The molecule has 8 aromatic rings. The summed E-state index contributed by atoms with van der Waals surface area (Å²) < 4.78 is 61.7. The van der Waals surface area contributed by atoms with Gasteiger partial charge in [0.05, 0.1) is 45.6 Å². The van der Waals surface area contributed by atoms with Crippen LogP contribution in [-0.2, 0) is 47.4 Å². The van der Waals surface area contributed by atoms with Crippen molar-refractivity contribution in [2.45, 2.75) is 61.4 Å². The SMILES string of the molecule is O=C(O[C@@H]1O[C@@H]2COC(=O)c3cc(O)c(O)c(O)c3-c3c(cc(O)c(O)c3O)C(=O)O[C@@H]2[C@@H](OC(=O)c2cc(O)c(O)c(O)c2)[C@@H]1OC(=O)c1cc(O)c(O)c(O)c1)c1cc(O)c(O)c(Oc2c(C(=O)O[C@@H]3O[C@H](CO)[C@H](O)[C@@H]4OC(=O)c5cc(O)c(O)c(O)c5-c5c(cc(O)c(O)c5O)C(=O)O[C@H]34)cc(O)c(O)c2O)c1. The Morgan fingerprint density at radius 1 is 0.348 bits per heavy atom. The molecule has 0 radical (unpaired) electrons. The maximum Gasteiger partial charge on any atom is 0.344 e. The highest BCUT2D eigenvalue weighted by molar-refractivity contribution is 6.10. The molecule has 4 aliphatic rings. The zero-order valence-corrected chi connectivity index (χ0v) is 55.0. The van der Waals surface area contributed by atoms with Crippen LogP contribution in [0.5, 0.6) is 144 Å². The minimum absolute atomic E-state index is 0.218. The number of aromatic hydroxyl groups is 23. The number of fused-ring (bicyclic) bond motifs is 8. The largest absolute Gasteiger partial charge is 0.504 e. The molecule has 2 fully saturated rings. The summed E-state index contributed by atoms with van der Waals surface area (Å²) in [6.45, 7) is -2.81. The Morgan fingerprint density at radius 2 is 0.696 bits per heavy atom. The van der Waals surface area contributed by atoms with Gasteiger partial charge in [-0.2, -0.15) is 0 Å². The minimum Gasteiger partial charge on any atom is -0.504 e. The normalized spacial score (nSPS) is 20.6. The van der Waals surface area contributed by atoms with E-state index in [2.05, 4.69) is 0 Å². The highest BCUT2D eigenvalue weighted by atomic mass is 16.8. The summed E-state index contributed by atoms with van der Waals surface area (Å²) in [7, 11) is 0. The van der Waals surface area contributed by atoms with Gasteiger partial charge in [-0.05, 0) is 60.7 Å². The summed E-state index contributed by atoms with van der Waals surface area (Å²) in [5.41, 5.74) is -13.8. The first-order valence-electron chi connectivity index (χ1n) is 31.1. The molecule has 0 spiro atoms. The third-order valence-electron chi connectivity index (χ3n) is 17.4. The number of benzene rings is 8. The Bertz CT molecular complexity index is 5350. The van der Waals surface area contributed by atoms with Crippen LogP contribution in [0.2, 0.25) is 0 Å². The fraction of sp³-hybridized carbons (Fsp3) is 0.176. The van der Waals surface area contributed by atoms with Crippen molar-refractivity contribution >= 4 is 47.8 Å². The van der Waals surface area contributed by atoms with Crippen LogP contribution in [0, 0.1) is 0 Å². The fourth-order valence-electron chi connectivity index (χ4n) is 11.9. The molecule has 12 rings (SSSR count). The molecule has 44 nitrogen and oxygen atoms in total. The molecule has 0 aliphatic carbocycles.